The summed E-state index contributed by atoms with van der Waals surface area (Å²) in [4.78, 5) is 7.66. The van der Waals surface area contributed by atoms with Gasteiger partial charge in [-0.05, 0) is 12.1 Å². The molecular formula is C16H9F5N4. The molecule has 25 heavy (non-hydrogen) atoms. The van der Waals surface area contributed by atoms with Gasteiger partial charge in [0.25, 0.3) is 0 Å². The minimum Gasteiger partial charge on any atom is -0.294 e. The van der Waals surface area contributed by atoms with Crippen LogP contribution in [-0.2, 0) is 12.1 Å². The Morgan fingerprint density at radius 2 is 1.72 bits per heavy atom. The second-order valence-electron chi connectivity index (χ2n) is 5.39. The maximum absolute atomic E-state index is 13.7. The number of nitrogens with zero attached hydrogens (tertiary/aromatic N) is 4. The zero-order valence-corrected chi connectivity index (χ0v) is 12.6. The average molecular weight is 352 g/mol. The third-order valence-corrected chi connectivity index (χ3v) is 3.53. The Kier molecular flexibility index (Phi) is 3.71. The standard InChI is InChI=1S/C16H9F5N4/c1-15(17,18)14-24-11(6-22)13-7-23-12(8-25(13)14)9-2-4-10(5-3-9)16(19,20)21/h2-5,7-8H,1H3. The summed E-state index contributed by atoms with van der Waals surface area (Å²) in [5, 5.41) is 9.00. The molecule has 3 aromatic rings. The largest absolute Gasteiger partial charge is 0.416 e. The van der Waals surface area contributed by atoms with Crippen molar-refractivity contribution < 1.29 is 22.0 Å². The molecule has 0 spiro atoms. The fourth-order valence-corrected chi connectivity index (χ4v) is 2.36. The number of fused-ring (bicyclic) bond motifs is 1. The van der Waals surface area contributed by atoms with Crippen LogP contribution in [0.15, 0.2) is 36.7 Å². The average Bonchev–Trinajstić information content (AvgIpc) is 2.92. The Labute approximate surface area is 138 Å². The number of nitriles is 1. The van der Waals surface area contributed by atoms with Crippen molar-refractivity contribution in [3.63, 3.8) is 0 Å². The molecule has 1 aromatic carbocycles. The number of rotatable bonds is 2. The Morgan fingerprint density at radius 1 is 1.08 bits per heavy atom. The van der Waals surface area contributed by atoms with E-state index in [0.717, 1.165) is 16.5 Å². The molecule has 0 radical (unpaired) electrons. The van der Waals surface area contributed by atoms with Gasteiger partial charge in [0.05, 0.1) is 17.5 Å². The van der Waals surface area contributed by atoms with Gasteiger partial charge in [-0.25, -0.2) is 4.98 Å². The molecule has 0 bridgehead atoms. The molecule has 0 aliphatic rings. The summed E-state index contributed by atoms with van der Waals surface area (Å²) in [6.45, 7) is 0.640. The molecular weight excluding hydrogens is 343 g/mol. The molecule has 2 aromatic heterocycles. The molecule has 0 saturated carbocycles. The normalized spacial score (nSPS) is 12.4. The monoisotopic (exact) mass is 352 g/mol. The van der Waals surface area contributed by atoms with Gasteiger partial charge in [-0.3, -0.25) is 9.38 Å². The maximum Gasteiger partial charge on any atom is 0.416 e. The second-order valence-corrected chi connectivity index (χ2v) is 5.39. The predicted molar refractivity (Wildman–Crippen MR) is 77.7 cm³/mol. The van der Waals surface area contributed by atoms with Gasteiger partial charge in [0.15, 0.2) is 11.5 Å². The highest BCUT2D eigenvalue weighted by molar-refractivity contribution is 5.64. The zero-order valence-electron chi connectivity index (χ0n) is 12.6. The summed E-state index contributed by atoms with van der Waals surface area (Å²) in [5.74, 6) is -3.95. The number of hydrogen-bond acceptors (Lipinski definition) is 3. The molecule has 0 aliphatic heterocycles. The van der Waals surface area contributed by atoms with Gasteiger partial charge in [-0.2, -0.15) is 27.2 Å². The zero-order chi connectivity index (χ0) is 18.4. The summed E-state index contributed by atoms with van der Waals surface area (Å²) in [6.07, 6.45) is -2.06. The molecule has 128 valence electrons. The van der Waals surface area contributed by atoms with Crippen molar-refractivity contribution in [2.45, 2.75) is 19.0 Å². The first-order chi connectivity index (χ1) is 11.6. The van der Waals surface area contributed by atoms with E-state index >= 15 is 0 Å². The number of aromatic nitrogens is 3. The first kappa shape index (κ1) is 16.8. The maximum atomic E-state index is 13.7. The molecule has 0 atom stereocenters. The van der Waals surface area contributed by atoms with Crippen LogP contribution in [0.2, 0.25) is 0 Å². The predicted octanol–water partition coefficient (Wildman–Crippen LogP) is 4.40. The Balaban J connectivity index is 2.14. The molecule has 2 heterocycles. The highest BCUT2D eigenvalue weighted by atomic mass is 19.4. The van der Waals surface area contributed by atoms with Crippen LogP contribution >= 0.6 is 0 Å². The highest BCUT2D eigenvalue weighted by Gasteiger charge is 2.32. The van der Waals surface area contributed by atoms with E-state index in [1.165, 1.54) is 24.5 Å². The third kappa shape index (κ3) is 3.03. The van der Waals surface area contributed by atoms with Gasteiger partial charge in [0.1, 0.15) is 11.6 Å². The Morgan fingerprint density at radius 3 is 2.24 bits per heavy atom. The molecule has 9 heteroatoms. The summed E-state index contributed by atoms with van der Waals surface area (Å²) in [7, 11) is 0. The van der Waals surface area contributed by atoms with Crippen molar-refractivity contribution in [1.82, 2.24) is 14.4 Å². The van der Waals surface area contributed by atoms with Gasteiger partial charge in [0, 0.05) is 18.7 Å². The van der Waals surface area contributed by atoms with E-state index in [4.69, 9.17) is 5.26 Å². The molecule has 0 amide bonds. The molecule has 0 N–H and O–H groups in total. The fourth-order valence-electron chi connectivity index (χ4n) is 2.36. The Bertz CT molecular complexity index is 975. The summed E-state index contributed by atoms with van der Waals surface area (Å²) >= 11 is 0. The van der Waals surface area contributed by atoms with Gasteiger partial charge in [-0.1, -0.05) is 12.1 Å². The van der Waals surface area contributed by atoms with E-state index < -0.39 is 23.5 Å². The number of benzene rings is 1. The van der Waals surface area contributed by atoms with E-state index in [9.17, 15) is 22.0 Å². The van der Waals surface area contributed by atoms with E-state index in [0.29, 0.717) is 12.5 Å². The number of halogens is 5. The number of alkyl halides is 5. The van der Waals surface area contributed by atoms with Crippen molar-refractivity contribution in [2.24, 2.45) is 0 Å². The van der Waals surface area contributed by atoms with Crippen molar-refractivity contribution in [3.8, 4) is 17.3 Å². The van der Waals surface area contributed by atoms with E-state index in [2.05, 4.69) is 9.97 Å². The first-order valence-electron chi connectivity index (χ1n) is 6.95. The molecule has 4 nitrogen and oxygen atoms in total. The van der Waals surface area contributed by atoms with Gasteiger partial charge < -0.3 is 0 Å². The first-order valence-corrected chi connectivity index (χ1v) is 6.95. The van der Waals surface area contributed by atoms with Crippen LogP contribution in [-0.4, -0.2) is 14.4 Å². The summed E-state index contributed by atoms with van der Waals surface area (Å²) < 4.78 is 66.3. The smallest absolute Gasteiger partial charge is 0.294 e. The van der Waals surface area contributed by atoms with E-state index in [-0.39, 0.29) is 16.9 Å². The molecule has 3 rings (SSSR count). The summed E-state index contributed by atoms with van der Waals surface area (Å²) in [6, 6.07) is 5.87. The Hall–Kier alpha value is -3.02. The minimum absolute atomic E-state index is 0.0923. The second kappa shape index (κ2) is 5.51. The van der Waals surface area contributed by atoms with Crippen LogP contribution in [0.4, 0.5) is 22.0 Å². The lowest BCUT2D eigenvalue weighted by Crippen LogP contribution is -2.12. The molecule has 0 saturated heterocycles. The van der Waals surface area contributed by atoms with E-state index in [1.807, 2.05) is 0 Å². The molecule has 0 fully saturated rings. The van der Waals surface area contributed by atoms with E-state index in [1.54, 1.807) is 6.07 Å². The third-order valence-electron chi connectivity index (χ3n) is 3.53. The SMILES string of the molecule is CC(F)(F)c1nc(C#N)c2cnc(-c3ccc(C(F)(F)F)cc3)cn12. The van der Waals surface area contributed by atoms with Crippen molar-refractivity contribution in [1.29, 1.82) is 5.26 Å². The number of hydrogen-bond donors (Lipinski definition) is 0. The minimum atomic E-state index is -4.47. The van der Waals surface area contributed by atoms with Crippen molar-refractivity contribution in [3.05, 3.63) is 53.7 Å². The van der Waals surface area contributed by atoms with Crippen LogP contribution in [0.3, 0.4) is 0 Å². The van der Waals surface area contributed by atoms with Crippen LogP contribution in [0.25, 0.3) is 16.8 Å². The van der Waals surface area contributed by atoms with Crippen molar-refractivity contribution in [2.75, 3.05) is 0 Å². The van der Waals surface area contributed by atoms with Gasteiger partial charge in [-0.15, -0.1) is 0 Å². The lowest BCUT2D eigenvalue weighted by molar-refractivity contribution is -0.137. The van der Waals surface area contributed by atoms with Crippen LogP contribution in [0, 0.1) is 11.3 Å². The topological polar surface area (TPSA) is 54.0 Å². The van der Waals surface area contributed by atoms with Crippen molar-refractivity contribution >= 4 is 5.52 Å². The fraction of sp³-hybridized carbons (Fsp3) is 0.188. The quantitative estimate of drug-likeness (QED) is 0.643. The van der Waals surface area contributed by atoms with Crippen LogP contribution < -0.4 is 0 Å². The lowest BCUT2D eigenvalue weighted by atomic mass is 10.1. The molecule has 0 aliphatic carbocycles. The van der Waals surface area contributed by atoms with Gasteiger partial charge in [0.2, 0.25) is 0 Å². The number of imidazole rings is 1. The summed E-state index contributed by atoms with van der Waals surface area (Å²) in [5.41, 5.74) is -0.453. The van der Waals surface area contributed by atoms with Crippen LogP contribution in [0.1, 0.15) is 24.0 Å². The molecule has 0 unspecified atom stereocenters. The lowest BCUT2D eigenvalue weighted by Gasteiger charge is -2.10. The van der Waals surface area contributed by atoms with Gasteiger partial charge >= 0.3 is 12.1 Å². The highest BCUT2D eigenvalue weighted by Crippen LogP contribution is 2.32. The van der Waals surface area contributed by atoms with Crippen LogP contribution in [0.5, 0.6) is 0 Å².